The molecule has 0 saturated heterocycles. The minimum absolute atomic E-state index is 0.0107. The third-order valence-corrected chi connectivity index (χ3v) is 1.97. The molecule has 0 saturated carbocycles. The van der Waals surface area contributed by atoms with Crippen molar-refractivity contribution in [3.05, 3.63) is 0 Å². The van der Waals surface area contributed by atoms with E-state index in [-0.39, 0.29) is 6.42 Å². The zero-order valence-corrected chi connectivity index (χ0v) is 8.78. The van der Waals surface area contributed by atoms with E-state index in [0.717, 1.165) is 12.8 Å². The summed E-state index contributed by atoms with van der Waals surface area (Å²) in [6, 6.07) is 0. The van der Waals surface area contributed by atoms with Crippen molar-refractivity contribution in [1.82, 2.24) is 0 Å². The molecule has 0 amide bonds. The number of esters is 1. The van der Waals surface area contributed by atoms with Gasteiger partial charge in [0.1, 0.15) is 0 Å². The lowest BCUT2D eigenvalue weighted by Crippen LogP contribution is -2.19. The summed E-state index contributed by atoms with van der Waals surface area (Å²) < 4.78 is 4.70. The fourth-order valence-corrected chi connectivity index (χ4v) is 1.18. The van der Waals surface area contributed by atoms with Crippen molar-refractivity contribution < 1.29 is 19.4 Å². The number of unbranched alkanes of at least 4 members (excludes halogenated alkanes) is 1. The van der Waals surface area contributed by atoms with Crippen LogP contribution in [0.1, 0.15) is 39.5 Å². The van der Waals surface area contributed by atoms with Crippen molar-refractivity contribution >= 4 is 11.9 Å². The summed E-state index contributed by atoms with van der Waals surface area (Å²) in [7, 11) is 0. The van der Waals surface area contributed by atoms with Gasteiger partial charge in [0, 0.05) is 0 Å². The maximum Gasteiger partial charge on any atom is 0.307 e. The van der Waals surface area contributed by atoms with E-state index in [4.69, 9.17) is 9.84 Å². The molecular formula is C10H18O4. The second kappa shape index (κ2) is 7.35. The first kappa shape index (κ1) is 12.9. The van der Waals surface area contributed by atoms with Crippen molar-refractivity contribution in [2.24, 2.45) is 5.92 Å². The van der Waals surface area contributed by atoms with E-state index in [1.54, 1.807) is 6.92 Å². The Morgan fingerprint density at radius 3 is 2.43 bits per heavy atom. The number of hydrogen-bond donors (Lipinski definition) is 1. The van der Waals surface area contributed by atoms with Gasteiger partial charge in [-0.3, -0.25) is 9.59 Å². The molecule has 0 aliphatic carbocycles. The van der Waals surface area contributed by atoms with Crippen LogP contribution in [-0.2, 0) is 14.3 Å². The van der Waals surface area contributed by atoms with Gasteiger partial charge in [-0.25, -0.2) is 0 Å². The summed E-state index contributed by atoms with van der Waals surface area (Å²) >= 11 is 0. The van der Waals surface area contributed by atoms with Gasteiger partial charge in [-0.2, -0.15) is 0 Å². The van der Waals surface area contributed by atoms with Gasteiger partial charge in [0.2, 0.25) is 0 Å². The van der Waals surface area contributed by atoms with Gasteiger partial charge in [-0.1, -0.05) is 19.8 Å². The topological polar surface area (TPSA) is 63.6 Å². The monoisotopic (exact) mass is 202 g/mol. The molecule has 0 unspecified atom stereocenters. The molecule has 0 spiro atoms. The van der Waals surface area contributed by atoms with Gasteiger partial charge in [-0.05, 0) is 13.3 Å². The maximum absolute atomic E-state index is 11.0. The summed E-state index contributed by atoms with van der Waals surface area (Å²) in [6.45, 7) is 4.00. The standard InChI is InChI=1S/C10H18O4/c1-3-5-6-8(10(12)13)7-9(11)14-4-2/h8H,3-7H2,1-2H3,(H,12,13)/t8-/m1/s1. The minimum atomic E-state index is -0.911. The van der Waals surface area contributed by atoms with E-state index in [1.807, 2.05) is 6.92 Å². The molecule has 4 heteroatoms. The highest BCUT2D eigenvalue weighted by Gasteiger charge is 2.20. The molecular weight excluding hydrogens is 184 g/mol. The predicted molar refractivity (Wildman–Crippen MR) is 51.9 cm³/mol. The van der Waals surface area contributed by atoms with Crippen LogP contribution in [0, 0.1) is 5.92 Å². The Morgan fingerprint density at radius 2 is 2.00 bits per heavy atom. The lowest BCUT2D eigenvalue weighted by atomic mass is 9.99. The van der Waals surface area contributed by atoms with Gasteiger partial charge in [0.25, 0.3) is 0 Å². The van der Waals surface area contributed by atoms with Gasteiger partial charge >= 0.3 is 11.9 Å². The van der Waals surface area contributed by atoms with Crippen LogP contribution in [-0.4, -0.2) is 23.7 Å². The second-order valence-electron chi connectivity index (χ2n) is 3.19. The van der Waals surface area contributed by atoms with E-state index < -0.39 is 17.9 Å². The molecule has 0 radical (unpaired) electrons. The molecule has 0 aromatic carbocycles. The Kier molecular flexibility index (Phi) is 6.80. The van der Waals surface area contributed by atoms with Gasteiger partial charge in [0.15, 0.2) is 0 Å². The molecule has 82 valence electrons. The van der Waals surface area contributed by atoms with Crippen LogP contribution in [0.3, 0.4) is 0 Å². The quantitative estimate of drug-likeness (QED) is 0.640. The number of carbonyl (C=O) groups excluding carboxylic acids is 1. The zero-order chi connectivity index (χ0) is 11.0. The van der Waals surface area contributed by atoms with E-state index in [0.29, 0.717) is 13.0 Å². The molecule has 0 aliphatic rings. The smallest absolute Gasteiger partial charge is 0.307 e. The molecule has 0 rings (SSSR count). The molecule has 0 aromatic heterocycles. The first-order valence-electron chi connectivity index (χ1n) is 5.00. The first-order chi connectivity index (χ1) is 6.61. The summed E-state index contributed by atoms with van der Waals surface area (Å²) in [5, 5.41) is 8.81. The Labute approximate surface area is 84.3 Å². The average Bonchev–Trinajstić information content (AvgIpc) is 2.12. The molecule has 0 fully saturated rings. The third kappa shape index (κ3) is 5.56. The van der Waals surface area contributed by atoms with Crippen LogP contribution in [0.4, 0.5) is 0 Å². The van der Waals surface area contributed by atoms with E-state index in [2.05, 4.69) is 0 Å². The molecule has 0 aromatic rings. The number of hydrogen-bond acceptors (Lipinski definition) is 3. The number of carbonyl (C=O) groups is 2. The molecule has 0 aliphatic heterocycles. The fraction of sp³-hybridized carbons (Fsp3) is 0.800. The van der Waals surface area contributed by atoms with Crippen molar-refractivity contribution in [3.63, 3.8) is 0 Å². The molecule has 14 heavy (non-hydrogen) atoms. The van der Waals surface area contributed by atoms with Crippen LogP contribution in [0.2, 0.25) is 0 Å². The molecule has 4 nitrogen and oxygen atoms in total. The molecule has 0 heterocycles. The Balaban J connectivity index is 3.95. The fourth-order valence-electron chi connectivity index (χ4n) is 1.18. The zero-order valence-electron chi connectivity index (χ0n) is 8.78. The summed E-state index contributed by atoms with van der Waals surface area (Å²) in [5.74, 6) is -1.92. The first-order valence-corrected chi connectivity index (χ1v) is 5.00. The largest absolute Gasteiger partial charge is 0.481 e. The second-order valence-corrected chi connectivity index (χ2v) is 3.19. The summed E-state index contributed by atoms with van der Waals surface area (Å²) in [6.07, 6.45) is 2.30. The highest BCUT2D eigenvalue weighted by atomic mass is 16.5. The maximum atomic E-state index is 11.0. The van der Waals surface area contributed by atoms with Crippen LogP contribution in [0.15, 0.2) is 0 Å². The number of aliphatic carboxylic acids is 1. The van der Waals surface area contributed by atoms with Gasteiger partial charge in [-0.15, -0.1) is 0 Å². The third-order valence-electron chi connectivity index (χ3n) is 1.97. The van der Waals surface area contributed by atoms with Crippen LogP contribution in [0.25, 0.3) is 0 Å². The van der Waals surface area contributed by atoms with Gasteiger partial charge in [0.05, 0.1) is 18.9 Å². The van der Waals surface area contributed by atoms with Gasteiger partial charge < -0.3 is 9.84 Å². The van der Waals surface area contributed by atoms with Crippen LogP contribution in [0.5, 0.6) is 0 Å². The number of ether oxygens (including phenoxy) is 1. The lowest BCUT2D eigenvalue weighted by Gasteiger charge is -2.10. The minimum Gasteiger partial charge on any atom is -0.481 e. The Hall–Kier alpha value is -1.06. The highest BCUT2D eigenvalue weighted by molar-refractivity contribution is 5.78. The Morgan fingerprint density at radius 1 is 1.36 bits per heavy atom. The van der Waals surface area contributed by atoms with Crippen LogP contribution >= 0.6 is 0 Å². The van der Waals surface area contributed by atoms with Crippen LogP contribution < -0.4 is 0 Å². The molecule has 1 N–H and O–H groups in total. The number of carboxylic acids is 1. The molecule has 1 atom stereocenters. The Bertz CT molecular complexity index is 189. The van der Waals surface area contributed by atoms with Crippen molar-refractivity contribution in [3.8, 4) is 0 Å². The SMILES string of the molecule is CCCC[C@H](CC(=O)OCC)C(=O)O. The number of rotatable bonds is 7. The number of carboxylic acid groups (broad SMARTS) is 1. The van der Waals surface area contributed by atoms with E-state index >= 15 is 0 Å². The predicted octanol–water partition coefficient (Wildman–Crippen LogP) is 1.83. The van der Waals surface area contributed by atoms with Crippen molar-refractivity contribution in [2.45, 2.75) is 39.5 Å². The normalized spacial score (nSPS) is 12.1. The molecule has 0 bridgehead atoms. The highest BCUT2D eigenvalue weighted by Crippen LogP contribution is 2.13. The van der Waals surface area contributed by atoms with Crippen molar-refractivity contribution in [1.29, 1.82) is 0 Å². The average molecular weight is 202 g/mol. The van der Waals surface area contributed by atoms with Crippen molar-refractivity contribution in [2.75, 3.05) is 6.61 Å². The summed E-state index contributed by atoms with van der Waals surface area (Å²) in [5.41, 5.74) is 0. The van der Waals surface area contributed by atoms with E-state index in [1.165, 1.54) is 0 Å². The summed E-state index contributed by atoms with van der Waals surface area (Å²) in [4.78, 5) is 21.8. The van der Waals surface area contributed by atoms with E-state index in [9.17, 15) is 9.59 Å². The lowest BCUT2D eigenvalue weighted by molar-refractivity contribution is -0.151.